The quantitative estimate of drug-likeness (QED) is 0.459. The molecule has 0 unspecified atom stereocenters. The van der Waals surface area contributed by atoms with Crippen molar-refractivity contribution < 1.29 is 14.3 Å². The zero-order valence-corrected chi connectivity index (χ0v) is 19.0. The summed E-state index contributed by atoms with van der Waals surface area (Å²) in [4.78, 5) is 12.3. The van der Waals surface area contributed by atoms with Gasteiger partial charge < -0.3 is 20.1 Å². The zero-order valence-electron chi connectivity index (χ0n) is 18.2. The Balaban J connectivity index is 1.59. The molecule has 3 aromatic rings. The van der Waals surface area contributed by atoms with Gasteiger partial charge >= 0.3 is 0 Å². The fraction of sp³-hybridized carbons (Fsp3) is 0.240. The van der Waals surface area contributed by atoms with Gasteiger partial charge in [0.05, 0.1) is 7.11 Å². The summed E-state index contributed by atoms with van der Waals surface area (Å²) in [5.41, 5.74) is 5.94. The Morgan fingerprint density at radius 2 is 1.74 bits per heavy atom. The smallest absolute Gasteiger partial charge is 0.262 e. The Bertz CT molecular complexity index is 1080. The molecule has 0 saturated heterocycles. The third kappa shape index (κ3) is 6.15. The second-order valence-electron chi connectivity index (χ2n) is 7.46. The van der Waals surface area contributed by atoms with Gasteiger partial charge in [-0.25, -0.2) is 0 Å². The number of nitrogens with one attached hydrogen (secondary N) is 2. The van der Waals surface area contributed by atoms with E-state index in [9.17, 15) is 4.79 Å². The highest BCUT2D eigenvalue weighted by Gasteiger charge is 2.10. The molecular weight excluding hydrogens is 412 g/mol. The van der Waals surface area contributed by atoms with Crippen molar-refractivity contribution in [3.63, 3.8) is 0 Å². The minimum Gasteiger partial charge on any atom is -0.493 e. The second-order valence-corrected chi connectivity index (χ2v) is 7.87. The minimum atomic E-state index is -0.226. The predicted molar refractivity (Wildman–Crippen MR) is 127 cm³/mol. The van der Waals surface area contributed by atoms with Crippen LogP contribution in [0.15, 0.2) is 54.6 Å². The number of hydrogen-bond donors (Lipinski definition) is 2. The summed E-state index contributed by atoms with van der Waals surface area (Å²) in [7, 11) is 1.58. The molecular formula is C25H27ClN2O3. The van der Waals surface area contributed by atoms with E-state index in [1.54, 1.807) is 7.11 Å². The first-order chi connectivity index (χ1) is 14.9. The van der Waals surface area contributed by atoms with Crippen LogP contribution in [0.4, 0.5) is 11.4 Å². The first-order valence-corrected chi connectivity index (χ1v) is 10.4. The van der Waals surface area contributed by atoms with E-state index in [0.29, 0.717) is 18.0 Å². The molecule has 31 heavy (non-hydrogen) atoms. The number of halogens is 1. The number of carbonyl (C=O) groups is 1. The Labute approximate surface area is 188 Å². The van der Waals surface area contributed by atoms with Gasteiger partial charge in [-0.15, -0.1) is 0 Å². The van der Waals surface area contributed by atoms with Crippen LogP contribution in [0.5, 0.6) is 11.5 Å². The van der Waals surface area contributed by atoms with Gasteiger partial charge in [0.15, 0.2) is 18.1 Å². The summed E-state index contributed by atoms with van der Waals surface area (Å²) in [6.45, 7) is 6.44. The molecule has 0 bridgehead atoms. The van der Waals surface area contributed by atoms with Crippen LogP contribution < -0.4 is 20.1 Å². The second kappa shape index (κ2) is 10.2. The predicted octanol–water partition coefficient (Wildman–Crippen LogP) is 5.90. The number of carbonyl (C=O) groups excluding carboxylic acids is 1. The number of rotatable bonds is 8. The summed E-state index contributed by atoms with van der Waals surface area (Å²) in [5.74, 6) is 0.858. The van der Waals surface area contributed by atoms with Crippen LogP contribution >= 0.6 is 11.6 Å². The maximum absolute atomic E-state index is 12.3. The van der Waals surface area contributed by atoms with Crippen molar-refractivity contribution in [1.29, 1.82) is 0 Å². The molecule has 3 aromatic carbocycles. The van der Waals surface area contributed by atoms with Gasteiger partial charge in [-0.2, -0.15) is 0 Å². The molecule has 2 N–H and O–H groups in total. The molecule has 0 spiro atoms. The third-order valence-corrected chi connectivity index (χ3v) is 5.32. The van der Waals surface area contributed by atoms with E-state index < -0.39 is 0 Å². The fourth-order valence-electron chi connectivity index (χ4n) is 3.13. The van der Waals surface area contributed by atoms with E-state index >= 15 is 0 Å². The normalized spacial score (nSPS) is 10.5. The van der Waals surface area contributed by atoms with Crippen LogP contribution in [-0.4, -0.2) is 19.6 Å². The maximum Gasteiger partial charge on any atom is 0.262 e. The highest BCUT2D eigenvalue weighted by atomic mass is 35.5. The molecule has 6 heteroatoms. The SMILES string of the molecule is COc1cc(CNc2ccc(C)c(Cl)c2)ccc1OCC(=O)Nc1ccc(C)cc1C. The summed E-state index contributed by atoms with van der Waals surface area (Å²) in [6, 6.07) is 17.4. The molecule has 0 radical (unpaired) electrons. The van der Waals surface area contributed by atoms with Crippen molar-refractivity contribution in [2.75, 3.05) is 24.4 Å². The number of anilines is 2. The van der Waals surface area contributed by atoms with E-state index in [4.69, 9.17) is 21.1 Å². The van der Waals surface area contributed by atoms with Gasteiger partial charge in [0.25, 0.3) is 5.91 Å². The summed E-state index contributed by atoms with van der Waals surface area (Å²) >= 11 is 6.18. The van der Waals surface area contributed by atoms with Crippen molar-refractivity contribution in [3.8, 4) is 11.5 Å². The molecule has 0 aliphatic carbocycles. The number of hydrogen-bond acceptors (Lipinski definition) is 4. The standard InChI is InChI=1S/C25H27ClN2O3/c1-16-5-9-22(18(3)11-16)28-25(29)15-31-23-10-7-19(12-24(23)30-4)14-27-20-8-6-17(2)21(26)13-20/h5-13,27H,14-15H2,1-4H3,(H,28,29). The highest BCUT2D eigenvalue weighted by molar-refractivity contribution is 6.31. The molecule has 1 amide bonds. The van der Waals surface area contributed by atoms with E-state index in [2.05, 4.69) is 10.6 Å². The van der Waals surface area contributed by atoms with Crippen molar-refractivity contribution in [1.82, 2.24) is 0 Å². The van der Waals surface area contributed by atoms with E-state index in [-0.39, 0.29) is 12.5 Å². The monoisotopic (exact) mass is 438 g/mol. The maximum atomic E-state index is 12.3. The van der Waals surface area contributed by atoms with Crippen LogP contribution in [0, 0.1) is 20.8 Å². The molecule has 5 nitrogen and oxygen atoms in total. The van der Waals surface area contributed by atoms with E-state index in [0.717, 1.165) is 38.7 Å². The molecule has 0 aliphatic rings. The average Bonchev–Trinajstić information content (AvgIpc) is 2.75. The number of methoxy groups -OCH3 is 1. The molecule has 0 fully saturated rings. The van der Waals surface area contributed by atoms with Gasteiger partial charge in [0, 0.05) is 22.9 Å². The Morgan fingerprint density at radius 3 is 2.45 bits per heavy atom. The molecule has 0 saturated carbocycles. The van der Waals surface area contributed by atoms with Gasteiger partial charge in [-0.3, -0.25) is 4.79 Å². The lowest BCUT2D eigenvalue weighted by molar-refractivity contribution is -0.118. The van der Waals surface area contributed by atoms with Crippen molar-refractivity contribution in [2.24, 2.45) is 0 Å². The van der Waals surface area contributed by atoms with Gasteiger partial charge in [0.2, 0.25) is 0 Å². The first-order valence-electron chi connectivity index (χ1n) is 10.0. The van der Waals surface area contributed by atoms with E-state index in [1.165, 1.54) is 0 Å². The molecule has 0 atom stereocenters. The van der Waals surface area contributed by atoms with Crippen molar-refractivity contribution in [2.45, 2.75) is 27.3 Å². The molecule has 3 rings (SSSR count). The lowest BCUT2D eigenvalue weighted by atomic mass is 10.1. The Morgan fingerprint density at radius 1 is 0.935 bits per heavy atom. The molecule has 0 aromatic heterocycles. The summed E-state index contributed by atoms with van der Waals surface area (Å²) in [6.07, 6.45) is 0. The van der Waals surface area contributed by atoms with Crippen LogP contribution in [-0.2, 0) is 11.3 Å². The molecule has 162 valence electrons. The van der Waals surface area contributed by atoms with Crippen LogP contribution in [0.25, 0.3) is 0 Å². The van der Waals surface area contributed by atoms with E-state index in [1.807, 2.05) is 75.4 Å². The van der Waals surface area contributed by atoms with Crippen molar-refractivity contribution >= 4 is 28.9 Å². The van der Waals surface area contributed by atoms with Gasteiger partial charge in [-0.05, 0) is 67.8 Å². The van der Waals surface area contributed by atoms with Gasteiger partial charge in [0.1, 0.15) is 0 Å². The Hall–Kier alpha value is -3.18. The fourth-order valence-corrected chi connectivity index (χ4v) is 3.31. The largest absolute Gasteiger partial charge is 0.493 e. The molecule has 0 aliphatic heterocycles. The van der Waals surface area contributed by atoms with Crippen LogP contribution in [0.2, 0.25) is 5.02 Å². The molecule has 0 heterocycles. The topological polar surface area (TPSA) is 59.6 Å². The Kier molecular flexibility index (Phi) is 7.42. The summed E-state index contributed by atoms with van der Waals surface area (Å²) in [5, 5.41) is 6.95. The lowest BCUT2D eigenvalue weighted by Gasteiger charge is -2.14. The number of amides is 1. The van der Waals surface area contributed by atoms with Gasteiger partial charge in [-0.1, -0.05) is 41.4 Å². The zero-order chi connectivity index (χ0) is 22.4. The highest BCUT2D eigenvalue weighted by Crippen LogP contribution is 2.29. The van der Waals surface area contributed by atoms with Crippen molar-refractivity contribution in [3.05, 3.63) is 81.9 Å². The average molecular weight is 439 g/mol. The lowest BCUT2D eigenvalue weighted by Crippen LogP contribution is -2.20. The minimum absolute atomic E-state index is 0.108. The number of aryl methyl sites for hydroxylation is 3. The third-order valence-electron chi connectivity index (χ3n) is 4.91. The number of ether oxygens (including phenoxy) is 2. The van der Waals surface area contributed by atoms with Crippen LogP contribution in [0.1, 0.15) is 22.3 Å². The number of benzene rings is 3. The van der Waals surface area contributed by atoms with Crippen LogP contribution in [0.3, 0.4) is 0 Å². The first kappa shape index (κ1) is 22.5. The summed E-state index contributed by atoms with van der Waals surface area (Å²) < 4.78 is 11.1.